The molecule has 0 unspecified atom stereocenters. The summed E-state index contributed by atoms with van der Waals surface area (Å²) >= 11 is 0. The molecule has 2 aliphatic rings. The number of aliphatic hydroxyl groups excluding tert-OH is 6. The van der Waals surface area contributed by atoms with Gasteiger partial charge in [0.25, 0.3) is 0 Å². The number of amides is 1. The molecule has 2 rings (SSSR count). The van der Waals surface area contributed by atoms with Crippen molar-refractivity contribution in [3.63, 3.8) is 0 Å². The minimum Gasteiger partial charge on any atom is -0.462 e. The van der Waals surface area contributed by atoms with Gasteiger partial charge in [0, 0.05) is 12.8 Å². The number of aliphatic hydroxyl groups is 6. The van der Waals surface area contributed by atoms with Crippen LogP contribution in [0.15, 0.2) is 0 Å². The zero-order valence-corrected chi connectivity index (χ0v) is 43.5. The SMILES string of the molecule is CCCCCCCCCCCCCC(=O)O[C@H](CCCCCCCCCCC)CC(=O)N[C@@H]1[C@@H](O[C@@H]2O[C@H](CO)[C@@H](O)[C@H](O)[C@@H]2O)O[C@H](CO)[C@@H](O)[C@@H]1OC(=O)CCCCCCCCCCCCC. The highest BCUT2D eigenvalue weighted by Crippen LogP contribution is 2.30. The molecule has 2 fully saturated rings. The molecule has 0 aliphatic carbocycles. The Morgan fingerprint density at radius 3 is 1.32 bits per heavy atom. The van der Waals surface area contributed by atoms with Crippen molar-refractivity contribution >= 4 is 17.8 Å². The molecule has 0 bridgehead atoms. The van der Waals surface area contributed by atoms with Crippen molar-refractivity contribution in [1.29, 1.82) is 0 Å². The molecule has 69 heavy (non-hydrogen) atoms. The third-order valence-electron chi connectivity index (χ3n) is 13.9. The third-order valence-corrected chi connectivity index (χ3v) is 13.9. The number of carbonyl (C=O) groups is 3. The maximum Gasteiger partial charge on any atom is 0.306 e. The van der Waals surface area contributed by atoms with Crippen LogP contribution in [0.2, 0.25) is 0 Å². The van der Waals surface area contributed by atoms with Crippen LogP contribution in [-0.2, 0) is 38.1 Å². The highest BCUT2D eigenvalue weighted by molar-refractivity contribution is 5.78. The Morgan fingerprint density at radius 2 is 0.870 bits per heavy atom. The van der Waals surface area contributed by atoms with E-state index in [-0.39, 0.29) is 25.2 Å². The highest BCUT2D eigenvalue weighted by Gasteiger charge is 2.52. The van der Waals surface area contributed by atoms with Crippen LogP contribution in [0.1, 0.15) is 245 Å². The summed E-state index contributed by atoms with van der Waals surface area (Å²) in [7, 11) is 0. The largest absolute Gasteiger partial charge is 0.462 e. The van der Waals surface area contributed by atoms with Gasteiger partial charge in [0.2, 0.25) is 5.91 Å². The van der Waals surface area contributed by atoms with Crippen LogP contribution in [0.25, 0.3) is 0 Å². The Kier molecular flexibility index (Phi) is 37.1. The second-order valence-electron chi connectivity index (χ2n) is 20.1. The summed E-state index contributed by atoms with van der Waals surface area (Å²) in [5, 5.41) is 66.2. The summed E-state index contributed by atoms with van der Waals surface area (Å²) in [5.41, 5.74) is 0. The molecular formula is C54H101NO14. The van der Waals surface area contributed by atoms with Crippen LogP contribution in [0.4, 0.5) is 0 Å². The van der Waals surface area contributed by atoms with Crippen molar-refractivity contribution in [1.82, 2.24) is 5.32 Å². The summed E-state index contributed by atoms with van der Waals surface area (Å²) in [6.45, 7) is 5.16. The Hall–Kier alpha value is -1.95. The van der Waals surface area contributed by atoms with E-state index < -0.39 is 92.5 Å². The second-order valence-corrected chi connectivity index (χ2v) is 20.1. The minimum absolute atomic E-state index is 0.0413. The van der Waals surface area contributed by atoms with Gasteiger partial charge < -0.3 is 59.6 Å². The van der Waals surface area contributed by atoms with E-state index in [9.17, 15) is 45.0 Å². The Labute approximate surface area is 416 Å². The molecule has 0 spiro atoms. The number of hydrogen-bond donors (Lipinski definition) is 7. The fourth-order valence-corrected chi connectivity index (χ4v) is 9.45. The molecule has 1 amide bonds. The molecule has 2 saturated heterocycles. The van der Waals surface area contributed by atoms with E-state index in [4.69, 9.17) is 23.7 Å². The first kappa shape index (κ1) is 63.2. The number of esters is 2. The summed E-state index contributed by atoms with van der Waals surface area (Å²) in [6.07, 6.45) is 19.7. The molecule has 2 heterocycles. The van der Waals surface area contributed by atoms with E-state index in [1.165, 1.54) is 116 Å². The quantitative estimate of drug-likeness (QED) is 0.0224. The van der Waals surface area contributed by atoms with E-state index in [0.29, 0.717) is 19.3 Å². The molecule has 0 aromatic heterocycles. The number of rotatable bonds is 43. The van der Waals surface area contributed by atoms with E-state index in [1.807, 2.05) is 0 Å². The molecule has 7 N–H and O–H groups in total. The van der Waals surface area contributed by atoms with Gasteiger partial charge >= 0.3 is 11.9 Å². The molecule has 406 valence electrons. The van der Waals surface area contributed by atoms with Crippen molar-refractivity contribution in [2.75, 3.05) is 13.2 Å². The first-order chi connectivity index (χ1) is 33.5. The van der Waals surface area contributed by atoms with Gasteiger partial charge in [-0.05, 0) is 25.7 Å². The number of unbranched alkanes of at least 4 members (excludes halogenated alkanes) is 28. The van der Waals surface area contributed by atoms with Crippen molar-refractivity contribution < 1.29 is 68.7 Å². The topological polar surface area (TPSA) is 231 Å². The van der Waals surface area contributed by atoms with Gasteiger partial charge in [0.1, 0.15) is 48.8 Å². The molecule has 15 heteroatoms. The summed E-state index contributed by atoms with van der Waals surface area (Å²) in [6, 6.07) is -1.44. The zero-order chi connectivity index (χ0) is 50.5. The fourth-order valence-electron chi connectivity index (χ4n) is 9.45. The highest BCUT2D eigenvalue weighted by atomic mass is 16.8. The molecule has 0 saturated carbocycles. The van der Waals surface area contributed by atoms with Gasteiger partial charge in [0.15, 0.2) is 18.7 Å². The molecule has 2 aliphatic heterocycles. The van der Waals surface area contributed by atoms with Crippen molar-refractivity contribution in [2.45, 2.75) is 313 Å². The number of hydrogen-bond acceptors (Lipinski definition) is 14. The predicted molar refractivity (Wildman–Crippen MR) is 267 cm³/mol. The van der Waals surface area contributed by atoms with Crippen molar-refractivity contribution in [3.8, 4) is 0 Å². The standard InChI is InChI=1S/C54H101NO14/c1-4-7-10-13-16-19-21-24-27-30-33-36-45(59)65-41(35-32-29-26-23-18-15-12-9-6-3)38-44(58)55-47-52(68-46(60)37-34-31-28-25-22-20-17-14-11-8-5-2)49(62)43(40-57)66-53(47)69-54-51(64)50(63)48(61)42(39-56)67-54/h41-43,47-54,56-57,61-64H,4-40H2,1-3H3,(H,55,58)/t41-,42-,43-,47+,48-,49-,50+,51+,52-,53-,54+/m1/s1. The Balaban J connectivity index is 2.17. The molecular weight excluding hydrogens is 887 g/mol. The molecule has 0 aromatic carbocycles. The third kappa shape index (κ3) is 27.6. The van der Waals surface area contributed by atoms with Gasteiger partial charge in [-0.25, -0.2) is 0 Å². The van der Waals surface area contributed by atoms with Crippen LogP contribution in [-0.4, -0.2) is 129 Å². The average molecular weight is 988 g/mol. The van der Waals surface area contributed by atoms with Gasteiger partial charge in [-0.15, -0.1) is 0 Å². The van der Waals surface area contributed by atoms with Crippen molar-refractivity contribution in [2.24, 2.45) is 0 Å². The second kappa shape index (κ2) is 40.5. The number of carbonyl (C=O) groups excluding carboxylic acids is 3. The van der Waals surface area contributed by atoms with Gasteiger partial charge in [-0.2, -0.15) is 0 Å². The Bertz CT molecular complexity index is 1280. The van der Waals surface area contributed by atoms with Crippen molar-refractivity contribution in [3.05, 3.63) is 0 Å². The average Bonchev–Trinajstić information content (AvgIpc) is 3.33. The predicted octanol–water partition coefficient (Wildman–Crippen LogP) is 8.90. The van der Waals surface area contributed by atoms with Crippen LogP contribution < -0.4 is 5.32 Å². The van der Waals surface area contributed by atoms with Crippen LogP contribution >= 0.6 is 0 Å². The number of nitrogens with one attached hydrogen (secondary N) is 1. The van der Waals surface area contributed by atoms with E-state index in [0.717, 1.165) is 70.6 Å². The van der Waals surface area contributed by atoms with E-state index >= 15 is 0 Å². The van der Waals surface area contributed by atoms with Gasteiger partial charge in [-0.3, -0.25) is 14.4 Å². The van der Waals surface area contributed by atoms with Crippen LogP contribution in [0.5, 0.6) is 0 Å². The monoisotopic (exact) mass is 988 g/mol. The summed E-state index contributed by atoms with van der Waals surface area (Å²) in [5.74, 6) is -1.63. The maximum atomic E-state index is 14.1. The normalized spacial score (nSPS) is 25.3. The summed E-state index contributed by atoms with van der Waals surface area (Å²) in [4.78, 5) is 40.8. The fraction of sp³-hybridized carbons (Fsp3) is 0.944. The van der Waals surface area contributed by atoms with Crippen LogP contribution in [0, 0.1) is 0 Å². The smallest absolute Gasteiger partial charge is 0.306 e. The van der Waals surface area contributed by atoms with Crippen LogP contribution in [0.3, 0.4) is 0 Å². The number of ether oxygens (including phenoxy) is 5. The lowest BCUT2D eigenvalue weighted by Gasteiger charge is -2.46. The Morgan fingerprint density at radius 1 is 0.478 bits per heavy atom. The molecule has 0 aromatic rings. The first-order valence-electron chi connectivity index (χ1n) is 28.1. The summed E-state index contributed by atoms with van der Waals surface area (Å²) < 4.78 is 29.4. The lowest BCUT2D eigenvalue weighted by Crippen LogP contribution is -2.68. The van der Waals surface area contributed by atoms with Gasteiger partial charge in [-0.1, -0.05) is 201 Å². The van der Waals surface area contributed by atoms with E-state index in [1.54, 1.807) is 0 Å². The molecule has 15 nitrogen and oxygen atoms in total. The maximum absolute atomic E-state index is 14.1. The van der Waals surface area contributed by atoms with Gasteiger partial charge in [0.05, 0.1) is 19.6 Å². The molecule has 0 radical (unpaired) electrons. The van der Waals surface area contributed by atoms with E-state index in [2.05, 4.69) is 26.1 Å². The minimum atomic E-state index is -1.84. The zero-order valence-electron chi connectivity index (χ0n) is 43.5. The lowest BCUT2D eigenvalue weighted by atomic mass is 9.95. The molecule has 11 atom stereocenters. The lowest BCUT2D eigenvalue weighted by molar-refractivity contribution is -0.363. The first-order valence-corrected chi connectivity index (χ1v) is 28.1.